The maximum Gasteiger partial charge on any atom is 0.275 e. The number of aromatic nitrogens is 3. The molecule has 0 aliphatic rings. The monoisotopic (exact) mass is 352 g/mol. The first-order chi connectivity index (χ1) is 12.1. The quantitative estimate of drug-likeness (QED) is 0.574. The molecule has 1 amide bonds. The number of benzene rings is 2. The van der Waals surface area contributed by atoms with E-state index in [1.54, 1.807) is 43.5 Å². The first-order valence-corrected chi connectivity index (χ1v) is 8.40. The maximum absolute atomic E-state index is 14.1. The third-order valence-corrected chi connectivity index (χ3v) is 4.77. The molecular weight excluding hydrogens is 339 g/mol. The van der Waals surface area contributed by atoms with Crippen molar-refractivity contribution in [3.63, 3.8) is 0 Å². The Labute approximate surface area is 146 Å². The lowest BCUT2D eigenvalue weighted by Crippen LogP contribution is -2.13. The van der Waals surface area contributed by atoms with Crippen molar-refractivity contribution in [2.24, 2.45) is 0 Å². The molecule has 0 bridgehead atoms. The molecule has 0 saturated carbocycles. The second-order valence-corrected chi connectivity index (χ2v) is 6.72. The van der Waals surface area contributed by atoms with E-state index in [0.29, 0.717) is 21.1 Å². The van der Waals surface area contributed by atoms with Crippen molar-refractivity contribution in [3.8, 4) is 10.4 Å². The molecule has 25 heavy (non-hydrogen) atoms. The number of H-pyrrole nitrogens is 1. The summed E-state index contributed by atoms with van der Waals surface area (Å²) in [6.07, 6.45) is 1.71. The van der Waals surface area contributed by atoms with Crippen LogP contribution in [-0.4, -0.2) is 21.1 Å². The standard InChI is InChI=1S/C18H13FN4OS/c1-10-21-16(17(25-10)13-4-2-3-5-14(13)19)18(24)22-12-7-6-11-9-20-23-15(11)8-12/h2-9H,1H3,(H,20,23)(H,22,24). The Bertz CT molecular complexity index is 1090. The fraction of sp³-hybridized carbons (Fsp3) is 0.0556. The normalized spacial score (nSPS) is 11.0. The summed E-state index contributed by atoms with van der Waals surface area (Å²) >= 11 is 1.30. The van der Waals surface area contributed by atoms with Crippen LogP contribution in [0.4, 0.5) is 10.1 Å². The molecule has 0 atom stereocenters. The highest BCUT2D eigenvalue weighted by Gasteiger charge is 2.20. The van der Waals surface area contributed by atoms with Crippen LogP contribution in [0, 0.1) is 12.7 Å². The molecule has 5 nitrogen and oxygen atoms in total. The van der Waals surface area contributed by atoms with Gasteiger partial charge in [-0.25, -0.2) is 9.37 Å². The van der Waals surface area contributed by atoms with Crippen LogP contribution in [0.5, 0.6) is 0 Å². The van der Waals surface area contributed by atoms with E-state index in [2.05, 4.69) is 20.5 Å². The molecule has 2 aromatic carbocycles. The molecule has 2 heterocycles. The van der Waals surface area contributed by atoms with Crippen LogP contribution in [0.2, 0.25) is 0 Å². The molecule has 4 rings (SSSR count). The fourth-order valence-corrected chi connectivity index (χ4v) is 3.56. The minimum atomic E-state index is -0.376. The molecule has 0 spiro atoms. The number of thiazole rings is 1. The zero-order chi connectivity index (χ0) is 17.4. The van der Waals surface area contributed by atoms with Crippen LogP contribution in [0.25, 0.3) is 21.3 Å². The highest BCUT2D eigenvalue weighted by molar-refractivity contribution is 7.15. The van der Waals surface area contributed by atoms with E-state index in [0.717, 1.165) is 10.9 Å². The predicted molar refractivity (Wildman–Crippen MR) is 96.3 cm³/mol. The van der Waals surface area contributed by atoms with Crippen LogP contribution in [0.1, 0.15) is 15.5 Å². The maximum atomic E-state index is 14.1. The van der Waals surface area contributed by atoms with Gasteiger partial charge < -0.3 is 5.32 Å². The van der Waals surface area contributed by atoms with Crippen molar-refractivity contribution in [2.45, 2.75) is 6.92 Å². The van der Waals surface area contributed by atoms with Gasteiger partial charge in [0.05, 0.1) is 21.6 Å². The lowest BCUT2D eigenvalue weighted by atomic mass is 10.1. The summed E-state index contributed by atoms with van der Waals surface area (Å²) < 4.78 is 14.1. The molecule has 0 aliphatic carbocycles. The summed E-state index contributed by atoms with van der Waals surface area (Å²) in [4.78, 5) is 17.5. The Hall–Kier alpha value is -3.06. The number of nitrogens with one attached hydrogen (secondary N) is 2. The van der Waals surface area contributed by atoms with Crippen LogP contribution in [0.3, 0.4) is 0 Å². The summed E-state index contributed by atoms with van der Waals surface area (Å²) in [6.45, 7) is 1.79. The lowest BCUT2D eigenvalue weighted by Gasteiger charge is -2.06. The van der Waals surface area contributed by atoms with Gasteiger partial charge in [-0.3, -0.25) is 9.89 Å². The number of amides is 1. The van der Waals surface area contributed by atoms with Crippen LogP contribution in [0.15, 0.2) is 48.7 Å². The zero-order valence-corrected chi connectivity index (χ0v) is 14.0. The number of rotatable bonds is 3. The number of fused-ring (bicyclic) bond motifs is 1. The second-order valence-electron chi connectivity index (χ2n) is 5.52. The van der Waals surface area contributed by atoms with Gasteiger partial charge in [-0.2, -0.15) is 5.10 Å². The van der Waals surface area contributed by atoms with Crippen LogP contribution < -0.4 is 5.32 Å². The van der Waals surface area contributed by atoms with Gasteiger partial charge in [0, 0.05) is 16.6 Å². The molecular formula is C18H13FN4OS. The SMILES string of the molecule is Cc1nc(C(=O)Nc2ccc3cn[nH]c3c2)c(-c2ccccc2F)s1. The number of aromatic amines is 1. The summed E-state index contributed by atoms with van der Waals surface area (Å²) in [5, 5.41) is 11.3. The summed E-state index contributed by atoms with van der Waals surface area (Å²) in [5.41, 5.74) is 2.04. The predicted octanol–water partition coefficient (Wildman–Crippen LogP) is 4.39. The largest absolute Gasteiger partial charge is 0.321 e. The van der Waals surface area contributed by atoms with E-state index in [-0.39, 0.29) is 17.4 Å². The average molecular weight is 352 g/mol. The van der Waals surface area contributed by atoms with E-state index in [1.165, 1.54) is 17.4 Å². The molecule has 0 fully saturated rings. The second kappa shape index (κ2) is 6.10. The number of nitrogens with zero attached hydrogens (tertiary/aromatic N) is 2. The highest BCUT2D eigenvalue weighted by atomic mass is 32.1. The number of carbonyl (C=O) groups excluding carboxylic acids is 1. The Morgan fingerprint density at radius 2 is 2.08 bits per heavy atom. The molecule has 0 radical (unpaired) electrons. The van der Waals surface area contributed by atoms with Gasteiger partial charge in [-0.1, -0.05) is 18.2 Å². The van der Waals surface area contributed by atoms with Crippen molar-refractivity contribution in [1.29, 1.82) is 0 Å². The van der Waals surface area contributed by atoms with Gasteiger partial charge in [0.1, 0.15) is 11.5 Å². The van der Waals surface area contributed by atoms with E-state index in [9.17, 15) is 9.18 Å². The number of aryl methyl sites for hydroxylation is 1. The smallest absolute Gasteiger partial charge is 0.275 e. The Morgan fingerprint density at radius 1 is 1.24 bits per heavy atom. The molecule has 124 valence electrons. The minimum Gasteiger partial charge on any atom is -0.321 e. The first-order valence-electron chi connectivity index (χ1n) is 7.58. The van der Waals surface area contributed by atoms with Crippen molar-refractivity contribution >= 4 is 33.8 Å². The van der Waals surface area contributed by atoms with Gasteiger partial charge in [-0.15, -0.1) is 11.3 Å². The van der Waals surface area contributed by atoms with E-state index < -0.39 is 0 Å². The van der Waals surface area contributed by atoms with E-state index in [1.807, 2.05) is 6.07 Å². The third kappa shape index (κ3) is 2.89. The van der Waals surface area contributed by atoms with E-state index >= 15 is 0 Å². The van der Waals surface area contributed by atoms with Gasteiger partial charge in [0.15, 0.2) is 0 Å². The van der Waals surface area contributed by atoms with Crippen molar-refractivity contribution < 1.29 is 9.18 Å². The Balaban J connectivity index is 1.69. The Morgan fingerprint density at radius 3 is 2.92 bits per heavy atom. The van der Waals surface area contributed by atoms with Crippen LogP contribution >= 0.6 is 11.3 Å². The first kappa shape index (κ1) is 15.5. The number of hydrogen-bond donors (Lipinski definition) is 2. The zero-order valence-electron chi connectivity index (χ0n) is 13.2. The fourth-order valence-electron chi connectivity index (χ4n) is 2.61. The molecule has 7 heteroatoms. The van der Waals surface area contributed by atoms with Gasteiger partial charge in [0.2, 0.25) is 0 Å². The molecule has 2 aromatic heterocycles. The minimum absolute atomic E-state index is 0.220. The Kier molecular flexibility index (Phi) is 3.77. The topological polar surface area (TPSA) is 70.7 Å². The average Bonchev–Trinajstić information content (AvgIpc) is 3.21. The molecule has 2 N–H and O–H groups in total. The van der Waals surface area contributed by atoms with Crippen molar-refractivity contribution in [1.82, 2.24) is 15.2 Å². The van der Waals surface area contributed by atoms with Crippen molar-refractivity contribution in [3.05, 3.63) is 65.2 Å². The van der Waals surface area contributed by atoms with Gasteiger partial charge in [0.25, 0.3) is 5.91 Å². The number of halogens is 1. The number of anilines is 1. The summed E-state index contributed by atoms with van der Waals surface area (Å²) in [6, 6.07) is 11.8. The summed E-state index contributed by atoms with van der Waals surface area (Å²) in [7, 11) is 0. The molecule has 0 unspecified atom stereocenters. The van der Waals surface area contributed by atoms with E-state index in [4.69, 9.17) is 0 Å². The van der Waals surface area contributed by atoms with Crippen molar-refractivity contribution in [2.75, 3.05) is 5.32 Å². The molecule has 0 aliphatic heterocycles. The molecule has 0 saturated heterocycles. The number of carbonyl (C=O) groups is 1. The summed E-state index contributed by atoms with van der Waals surface area (Å²) in [5.74, 6) is -0.749. The van der Waals surface area contributed by atoms with Gasteiger partial charge >= 0.3 is 0 Å². The number of hydrogen-bond acceptors (Lipinski definition) is 4. The lowest BCUT2D eigenvalue weighted by molar-refractivity contribution is 0.102. The van der Waals surface area contributed by atoms with Gasteiger partial charge in [-0.05, 0) is 31.2 Å². The van der Waals surface area contributed by atoms with Crippen LogP contribution in [-0.2, 0) is 0 Å². The highest BCUT2D eigenvalue weighted by Crippen LogP contribution is 2.32. The third-order valence-electron chi connectivity index (χ3n) is 3.77. The molecule has 4 aromatic rings.